The van der Waals surface area contributed by atoms with E-state index in [9.17, 15) is 23.1 Å². The summed E-state index contributed by atoms with van der Waals surface area (Å²) >= 11 is 0. The molecule has 0 aliphatic heterocycles. The van der Waals surface area contributed by atoms with E-state index in [0.29, 0.717) is 0 Å². The number of phenols is 2. The molecular weight excluding hydrogens is 239 g/mol. The summed E-state index contributed by atoms with van der Waals surface area (Å²) in [5.74, 6) is -1.56. The van der Waals surface area contributed by atoms with Gasteiger partial charge in [0.1, 0.15) is 11.5 Å². The lowest BCUT2D eigenvalue weighted by molar-refractivity contribution is -0.132. The van der Waals surface area contributed by atoms with Crippen LogP contribution in [0.4, 0.5) is 13.2 Å². The van der Waals surface area contributed by atoms with Crippen LogP contribution in [0.5, 0.6) is 11.5 Å². The molecule has 0 aliphatic carbocycles. The first-order valence-corrected chi connectivity index (χ1v) is 4.66. The second-order valence-corrected chi connectivity index (χ2v) is 3.32. The second kappa shape index (κ2) is 4.94. The Balaban J connectivity index is 2.59. The van der Waals surface area contributed by atoms with Gasteiger partial charge in [0.2, 0.25) is 0 Å². The van der Waals surface area contributed by atoms with Gasteiger partial charge in [-0.15, -0.1) is 0 Å². The molecule has 0 aliphatic rings. The van der Waals surface area contributed by atoms with Gasteiger partial charge in [-0.1, -0.05) is 0 Å². The van der Waals surface area contributed by atoms with Gasteiger partial charge in [-0.3, -0.25) is 4.79 Å². The van der Waals surface area contributed by atoms with Crippen LogP contribution in [0, 0.1) is 0 Å². The summed E-state index contributed by atoms with van der Waals surface area (Å²) in [5, 5.41) is 20.3. The lowest BCUT2D eigenvalue weighted by Gasteiger charge is -2.08. The third-order valence-corrected chi connectivity index (χ3v) is 1.92. The van der Waals surface area contributed by atoms with E-state index >= 15 is 0 Å². The summed E-state index contributed by atoms with van der Waals surface area (Å²) in [4.78, 5) is 11.3. The Morgan fingerprint density at radius 2 is 1.94 bits per heavy atom. The van der Waals surface area contributed by atoms with Gasteiger partial charge in [0.25, 0.3) is 5.91 Å². The van der Waals surface area contributed by atoms with Gasteiger partial charge in [-0.25, -0.2) is 0 Å². The maximum atomic E-state index is 11.8. The van der Waals surface area contributed by atoms with Crippen LogP contribution >= 0.6 is 0 Å². The molecule has 0 unspecified atom stereocenters. The van der Waals surface area contributed by atoms with Gasteiger partial charge in [0.15, 0.2) is 0 Å². The molecule has 0 aromatic heterocycles. The van der Waals surface area contributed by atoms with Crippen molar-refractivity contribution < 1.29 is 28.2 Å². The number of amides is 1. The minimum absolute atomic E-state index is 0.190. The second-order valence-electron chi connectivity index (χ2n) is 3.32. The predicted octanol–water partition coefficient (Wildman–Crippen LogP) is 1.78. The summed E-state index contributed by atoms with van der Waals surface area (Å²) in [5.41, 5.74) is -0.190. The van der Waals surface area contributed by atoms with E-state index in [4.69, 9.17) is 5.11 Å². The zero-order chi connectivity index (χ0) is 13.1. The number of nitrogens with one attached hydrogen (secondary N) is 1. The van der Waals surface area contributed by atoms with Crippen LogP contribution in [0.1, 0.15) is 16.8 Å². The van der Waals surface area contributed by atoms with Crippen LogP contribution in [0.2, 0.25) is 0 Å². The summed E-state index contributed by atoms with van der Waals surface area (Å²) in [6.45, 7) is -0.567. The highest BCUT2D eigenvalue weighted by atomic mass is 19.4. The Labute approximate surface area is 94.7 Å². The number of carbonyl (C=O) groups excluding carboxylic acids is 1. The number of rotatable bonds is 3. The predicted molar refractivity (Wildman–Crippen MR) is 52.8 cm³/mol. The molecule has 0 bridgehead atoms. The van der Waals surface area contributed by atoms with Gasteiger partial charge >= 0.3 is 6.18 Å². The minimum atomic E-state index is -4.34. The molecule has 0 saturated heterocycles. The molecule has 0 spiro atoms. The zero-order valence-electron chi connectivity index (χ0n) is 8.58. The van der Waals surface area contributed by atoms with E-state index in [1.54, 1.807) is 0 Å². The fourth-order valence-corrected chi connectivity index (χ4v) is 1.13. The molecule has 1 rings (SSSR count). The smallest absolute Gasteiger partial charge is 0.390 e. The van der Waals surface area contributed by atoms with Crippen LogP contribution in [0.3, 0.4) is 0 Å². The van der Waals surface area contributed by atoms with Crippen LogP contribution < -0.4 is 5.32 Å². The fraction of sp³-hybridized carbons (Fsp3) is 0.300. The van der Waals surface area contributed by atoms with Crippen molar-refractivity contribution in [3.63, 3.8) is 0 Å². The summed E-state index contributed by atoms with van der Waals surface area (Å²) in [6, 6.07) is 3.20. The average molecular weight is 249 g/mol. The summed E-state index contributed by atoms with van der Waals surface area (Å²) in [6.07, 6.45) is -5.48. The Morgan fingerprint density at radius 1 is 1.29 bits per heavy atom. The molecule has 94 valence electrons. The number of hydrogen-bond donors (Lipinski definition) is 3. The molecule has 0 heterocycles. The van der Waals surface area contributed by atoms with E-state index in [0.717, 1.165) is 18.2 Å². The Bertz CT molecular complexity index is 418. The molecule has 1 amide bonds. The lowest BCUT2D eigenvalue weighted by Crippen LogP contribution is -2.27. The summed E-state index contributed by atoms with van der Waals surface area (Å²) < 4.78 is 35.4. The quantitative estimate of drug-likeness (QED) is 0.764. The highest BCUT2D eigenvalue weighted by Gasteiger charge is 2.26. The molecule has 1 aromatic rings. The summed E-state index contributed by atoms with van der Waals surface area (Å²) in [7, 11) is 0. The van der Waals surface area contributed by atoms with Gasteiger partial charge in [0.05, 0.1) is 12.0 Å². The van der Waals surface area contributed by atoms with Crippen molar-refractivity contribution in [2.24, 2.45) is 0 Å². The van der Waals surface area contributed by atoms with Crippen LogP contribution in [-0.4, -0.2) is 28.8 Å². The molecule has 1 aromatic carbocycles. The number of halogens is 3. The van der Waals surface area contributed by atoms with Gasteiger partial charge in [-0.2, -0.15) is 13.2 Å². The highest BCUT2D eigenvalue weighted by molar-refractivity contribution is 5.96. The first-order chi connectivity index (χ1) is 7.79. The van der Waals surface area contributed by atoms with E-state index in [-0.39, 0.29) is 11.3 Å². The molecule has 0 fully saturated rings. The number of phenolic OH excluding ortho intramolecular Hbond substituents is 2. The van der Waals surface area contributed by atoms with Gasteiger partial charge in [0, 0.05) is 12.6 Å². The van der Waals surface area contributed by atoms with Crippen molar-refractivity contribution in [1.82, 2.24) is 5.32 Å². The third kappa shape index (κ3) is 4.21. The molecule has 0 radical (unpaired) electrons. The molecule has 3 N–H and O–H groups in total. The van der Waals surface area contributed by atoms with Crippen molar-refractivity contribution in [1.29, 1.82) is 0 Å². The lowest BCUT2D eigenvalue weighted by atomic mass is 10.2. The molecule has 4 nitrogen and oxygen atoms in total. The fourth-order valence-electron chi connectivity index (χ4n) is 1.13. The molecule has 0 atom stereocenters. The van der Waals surface area contributed by atoms with E-state index in [1.165, 1.54) is 0 Å². The van der Waals surface area contributed by atoms with Crippen molar-refractivity contribution in [3.05, 3.63) is 23.8 Å². The first kappa shape index (κ1) is 13.1. The Hall–Kier alpha value is -1.92. The number of benzene rings is 1. The average Bonchev–Trinajstić information content (AvgIpc) is 2.15. The first-order valence-electron chi connectivity index (χ1n) is 4.66. The van der Waals surface area contributed by atoms with E-state index < -0.39 is 30.8 Å². The van der Waals surface area contributed by atoms with E-state index in [1.807, 2.05) is 5.32 Å². The Kier molecular flexibility index (Phi) is 3.82. The number of carbonyl (C=O) groups is 1. The third-order valence-electron chi connectivity index (χ3n) is 1.92. The molecule has 17 heavy (non-hydrogen) atoms. The minimum Gasteiger partial charge on any atom is -0.508 e. The SMILES string of the molecule is O=C(NCCC(F)(F)F)c1ccc(O)cc1O. The van der Waals surface area contributed by atoms with Gasteiger partial charge < -0.3 is 15.5 Å². The molecule has 7 heteroatoms. The normalized spacial score (nSPS) is 11.2. The highest BCUT2D eigenvalue weighted by Crippen LogP contribution is 2.22. The number of alkyl halides is 3. The van der Waals surface area contributed by atoms with Crippen LogP contribution in [0.25, 0.3) is 0 Å². The van der Waals surface area contributed by atoms with Crippen molar-refractivity contribution >= 4 is 5.91 Å². The molecular formula is C10H10F3NO3. The largest absolute Gasteiger partial charge is 0.508 e. The molecule has 0 saturated carbocycles. The van der Waals surface area contributed by atoms with Crippen molar-refractivity contribution in [2.45, 2.75) is 12.6 Å². The van der Waals surface area contributed by atoms with Crippen molar-refractivity contribution in [2.75, 3.05) is 6.54 Å². The number of aromatic hydroxyl groups is 2. The monoisotopic (exact) mass is 249 g/mol. The maximum absolute atomic E-state index is 11.8. The van der Waals surface area contributed by atoms with Crippen LogP contribution in [-0.2, 0) is 0 Å². The maximum Gasteiger partial charge on any atom is 0.390 e. The van der Waals surface area contributed by atoms with Crippen LogP contribution in [0.15, 0.2) is 18.2 Å². The van der Waals surface area contributed by atoms with E-state index in [2.05, 4.69) is 0 Å². The standard InChI is InChI=1S/C10H10F3NO3/c11-10(12,13)3-4-14-9(17)7-2-1-6(15)5-8(7)16/h1-2,5,15-16H,3-4H2,(H,14,17). The Morgan fingerprint density at radius 3 is 2.47 bits per heavy atom. The van der Waals surface area contributed by atoms with Gasteiger partial charge in [-0.05, 0) is 12.1 Å². The topological polar surface area (TPSA) is 69.6 Å². The zero-order valence-corrected chi connectivity index (χ0v) is 8.58. The number of hydrogen-bond acceptors (Lipinski definition) is 3. The van der Waals surface area contributed by atoms with Crippen molar-refractivity contribution in [3.8, 4) is 11.5 Å².